The van der Waals surface area contributed by atoms with E-state index in [0.717, 1.165) is 0 Å². The van der Waals surface area contributed by atoms with E-state index < -0.39 is 28.4 Å². The zero-order valence-corrected chi connectivity index (χ0v) is 14.2. The number of rotatable bonds is 3. The SMILES string of the molecule is CC1=C(C(=O)OCC(Cl)(Cl)Cl)[C@@H](c2ccc(O)cc2)NC(=O)N1. The Balaban J connectivity index is 2.31. The molecule has 23 heavy (non-hydrogen) atoms. The normalized spacial score (nSPS) is 18.3. The molecular formula is C14H13Cl3N2O4. The summed E-state index contributed by atoms with van der Waals surface area (Å²) in [4.78, 5) is 24.0. The highest BCUT2D eigenvalue weighted by atomic mass is 35.6. The van der Waals surface area contributed by atoms with Gasteiger partial charge < -0.3 is 20.5 Å². The molecule has 1 aromatic carbocycles. The summed E-state index contributed by atoms with van der Waals surface area (Å²) in [7, 11) is 0. The van der Waals surface area contributed by atoms with Gasteiger partial charge in [0, 0.05) is 5.70 Å². The molecule has 1 atom stereocenters. The number of esters is 1. The Morgan fingerprint density at radius 2 is 1.91 bits per heavy atom. The third-order valence-electron chi connectivity index (χ3n) is 3.08. The molecule has 1 aromatic rings. The number of phenols is 1. The smallest absolute Gasteiger partial charge is 0.338 e. The quantitative estimate of drug-likeness (QED) is 0.556. The minimum Gasteiger partial charge on any atom is -0.508 e. The lowest BCUT2D eigenvalue weighted by atomic mass is 9.95. The number of hydrogen-bond donors (Lipinski definition) is 3. The van der Waals surface area contributed by atoms with E-state index in [2.05, 4.69) is 10.6 Å². The maximum atomic E-state index is 12.3. The van der Waals surface area contributed by atoms with Gasteiger partial charge in [0.15, 0.2) is 0 Å². The number of carbonyl (C=O) groups excluding carboxylic acids is 2. The van der Waals surface area contributed by atoms with Crippen LogP contribution in [0.4, 0.5) is 4.79 Å². The van der Waals surface area contributed by atoms with Gasteiger partial charge in [-0.05, 0) is 24.6 Å². The van der Waals surface area contributed by atoms with Crippen LogP contribution in [0.3, 0.4) is 0 Å². The van der Waals surface area contributed by atoms with Crippen molar-refractivity contribution < 1.29 is 19.4 Å². The fraction of sp³-hybridized carbons (Fsp3) is 0.286. The van der Waals surface area contributed by atoms with Crippen LogP contribution < -0.4 is 10.6 Å². The third kappa shape index (κ3) is 4.67. The van der Waals surface area contributed by atoms with E-state index in [9.17, 15) is 14.7 Å². The number of hydrogen-bond acceptors (Lipinski definition) is 4. The summed E-state index contributed by atoms with van der Waals surface area (Å²) < 4.78 is 3.26. The monoisotopic (exact) mass is 378 g/mol. The second kappa shape index (κ2) is 6.86. The molecule has 0 spiro atoms. The number of allylic oxidation sites excluding steroid dienone is 1. The number of alkyl halides is 3. The molecule has 2 amide bonds. The number of amides is 2. The Bertz CT molecular complexity index is 653. The topological polar surface area (TPSA) is 87.7 Å². The maximum Gasteiger partial charge on any atom is 0.338 e. The van der Waals surface area contributed by atoms with Crippen LogP contribution in [0.1, 0.15) is 18.5 Å². The first-order valence-corrected chi connectivity index (χ1v) is 7.62. The standard InChI is InChI=1S/C14H13Cl3N2O4/c1-7-10(12(21)23-6-14(15,16)17)11(19-13(22)18-7)8-2-4-9(20)5-3-8/h2-5,11,20H,6H2,1H3,(H2,18,19,22)/t11-/m1/s1. The summed E-state index contributed by atoms with van der Waals surface area (Å²) in [5, 5.41) is 14.5. The zero-order chi connectivity index (χ0) is 17.2. The van der Waals surface area contributed by atoms with Crippen molar-refractivity contribution in [2.24, 2.45) is 0 Å². The Morgan fingerprint density at radius 1 is 1.30 bits per heavy atom. The predicted molar refractivity (Wildman–Crippen MR) is 86.5 cm³/mol. The molecule has 3 N–H and O–H groups in total. The molecule has 0 aromatic heterocycles. The number of phenolic OH excluding ortho intramolecular Hbond substituents is 1. The molecule has 2 rings (SSSR count). The van der Waals surface area contributed by atoms with E-state index in [1.165, 1.54) is 12.1 Å². The highest BCUT2D eigenvalue weighted by molar-refractivity contribution is 6.67. The lowest BCUT2D eigenvalue weighted by Crippen LogP contribution is -2.45. The van der Waals surface area contributed by atoms with Gasteiger partial charge in [0.05, 0.1) is 11.6 Å². The number of halogens is 3. The molecule has 124 valence electrons. The zero-order valence-electron chi connectivity index (χ0n) is 11.9. The summed E-state index contributed by atoms with van der Waals surface area (Å²) in [6.07, 6.45) is 0. The molecule has 6 nitrogen and oxygen atoms in total. The number of urea groups is 1. The van der Waals surface area contributed by atoms with Crippen LogP contribution in [-0.4, -0.2) is 27.5 Å². The van der Waals surface area contributed by atoms with Crippen LogP contribution in [-0.2, 0) is 9.53 Å². The van der Waals surface area contributed by atoms with Crippen molar-refractivity contribution in [1.29, 1.82) is 0 Å². The van der Waals surface area contributed by atoms with Crippen molar-refractivity contribution in [1.82, 2.24) is 10.6 Å². The summed E-state index contributed by atoms with van der Waals surface area (Å²) in [6.45, 7) is 1.14. The second-order valence-corrected chi connectivity index (χ2v) is 7.37. The lowest BCUT2D eigenvalue weighted by Gasteiger charge is -2.28. The summed E-state index contributed by atoms with van der Waals surface area (Å²) in [6, 6.07) is 4.86. The van der Waals surface area contributed by atoms with Crippen molar-refractivity contribution in [2.75, 3.05) is 6.61 Å². The van der Waals surface area contributed by atoms with E-state index in [1.807, 2.05) is 0 Å². The van der Waals surface area contributed by atoms with Gasteiger partial charge in [-0.2, -0.15) is 0 Å². The van der Waals surface area contributed by atoms with Crippen LogP contribution in [0.2, 0.25) is 0 Å². The van der Waals surface area contributed by atoms with E-state index in [0.29, 0.717) is 11.3 Å². The second-order valence-electron chi connectivity index (χ2n) is 4.85. The first-order chi connectivity index (χ1) is 10.7. The fourth-order valence-corrected chi connectivity index (χ4v) is 2.27. The lowest BCUT2D eigenvalue weighted by molar-refractivity contribution is -0.139. The maximum absolute atomic E-state index is 12.3. The van der Waals surface area contributed by atoms with E-state index in [4.69, 9.17) is 39.5 Å². The van der Waals surface area contributed by atoms with Crippen molar-refractivity contribution in [2.45, 2.75) is 16.8 Å². The van der Waals surface area contributed by atoms with Crippen LogP contribution >= 0.6 is 34.8 Å². The molecular weight excluding hydrogens is 367 g/mol. The number of aromatic hydroxyl groups is 1. The van der Waals surface area contributed by atoms with Crippen molar-refractivity contribution >= 4 is 46.8 Å². The number of carbonyl (C=O) groups is 2. The van der Waals surface area contributed by atoms with Gasteiger partial charge in [-0.15, -0.1) is 0 Å². The van der Waals surface area contributed by atoms with Gasteiger partial charge >= 0.3 is 12.0 Å². The minimum absolute atomic E-state index is 0.0649. The molecule has 1 aliphatic rings. The van der Waals surface area contributed by atoms with Crippen LogP contribution in [0, 0.1) is 0 Å². The average molecular weight is 380 g/mol. The van der Waals surface area contributed by atoms with Crippen LogP contribution in [0.5, 0.6) is 5.75 Å². The third-order valence-corrected chi connectivity index (χ3v) is 3.41. The van der Waals surface area contributed by atoms with Gasteiger partial charge in [-0.3, -0.25) is 0 Å². The van der Waals surface area contributed by atoms with E-state index in [-0.39, 0.29) is 11.3 Å². The van der Waals surface area contributed by atoms with E-state index in [1.54, 1.807) is 19.1 Å². The van der Waals surface area contributed by atoms with Crippen LogP contribution in [0.15, 0.2) is 35.5 Å². The Hall–Kier alpha value is -1.63. The molecule has 0 radical (unpaired) electrons. The predicted octanol–water partition coefficient (Wildman–Crippen LogP) is 2.93. The van der Waals surface area contributed by atoms with Gasteiger partial charge in [0.1, 0.15) is 12.4 Å². The minimum atomic E-state index is -1.73. The summed E-state index contributed by atoms with van der Waals surface area (Å²) >= 11 is 16.7. The van der Waals surface area contributed by atoms with Crippen LogP contribution in [0.25, 0.3) is 0 Å². The van der Waals surface area contributed by atoms with Crippen molar-refractivity contribution in [3.8, 4) is 5.75 Å². The fourth-order valence-electron chi connectivity index (χ4n) is 2.11. The molecule has 1 heterocycles. The number of ether oxygens (including phenoxy) is 1. The van der Waals surface area contributed by atoms with Gasteiger partial charge in [-0.1, -0.05) is 46.9 Å². The molecule has 0 saturated heterocycles. The molecule has 0 unspecified atom stereocenters. The van der Waals surface area contributed by atoms with Crippen molar-refractivity contribution in [3.05, 3.63) is 41.1 Å². The summed E-state index contributed by atoms with van der Waals surface area (Å²) in [5.74, 6) is -0.658. The Morgan fingerprint density at radius 3 is 2.48 bits per heavy atom. The number of benzene rings is 1. The largest absolute Gasteiger partial charge is 0.508 e. The van der Waals surface area contributed by atoms with Crippen molar-refractivity contribution in [3.63, 3.8) is 0 Å². The molecule has 9 heteroatoms. The molecule has 0 aliphatic carbocycles. The molecule has 0 fully saturated rings. The van der Waals surface area contributed by atoms with Gasteiger partial charge in [0.2, 0.25) is 3.79 Å². The molecule has 0 saturated carbocycles. The Labute approximate surface area is 147 Å². The average Bonchev–Trinajstić information content (AvgIpc) is 2.44. The molecule has 0 bridgehead atoms. The Kier molecular flexibility index (Phi) is 5.29. The first-order valence-electron chi connectivity index (χ1n) is 6.48. The van der Waals surface area contributed by atoms with Gasteiger partial charge in [-0.25, -0.2) is 9.59 Å². The van der Waals surface area contributed by atoms with E-state index >= 15 is 0 Å². The summed E-state index contributed by atoms with van der Waals surface area (Å²) in [5.41, 5.74) is 1.11. The number of nitrogens with one attached hydrogen (secondary N) is 2. The van der Waals surface area contributed by atoms with Gasteiger partial charge in [0.25, 0.3) is 0 Å². The highest BCUT2D eigenvalue weighted by Gasteiger charge is 2.33. The molecule has 1 aliphatic heterocycles. The first kappa shape index (κ1) is 17.7. The highest BCUT2D eigenvalue weighted by Crippen LogP contribution is 2.30.